The van der Waals surface area contributed by atoms with E-state index in [4.69, 9.17) is 9.15 Å². The van der Waals surface area contributed by atoms with Crippen molar-refractivity contribution in [3.05, 3.63) is 71.5 Å². The number of fused-ring (bicyclic) bond motifs is 1. The van der Waals surface area contributed by atoms with Gasteiger partial charge in [-0.25, -0.2) is 0 Å². The minimum Gasteiger partial charge on any atom is -0.458 e. The van der Waals surface area contributed by atoms with E-state index in [1.165, 1.54) is 0 Å². The third-order valence-electron chi connectivity index (χ3n) is 3.88. The third kappa shape index (κ3) is 3.27. The fourth-order valence-electron chi connectivity index (χ4n) is 2.57. The number of carbonyl (C=O) groups excluding carboxylic acids is 1. The summed E-state index contributed by atoms with van der Waals surface area (Å²) in [5.41, 5.74) is 2.43. The van der Waals surface area contributed by atoms with Crippen LogP contribution in [0.15, 0.2) is 59.0 Å². The first-order chi connectivity index (χ1) is 11.2. The topological polar surface area (TPSA) is 51.5 Å². The molecule has 1 heterocycles. The molecule has 4 heteroatoms. The fraction of sp³-hybridized carbons (Fsp3) is 0.211. The molecule has 1 amide bonds. The highest BCUT2D eigenvalue weighted by Crippen LogP contribution is 2.25. The van der Waals surface area contributed by atoms with Crippen molar-refractivity contribution in [2.24, 2.45) is 0 Å². The molecule has 1 aromatic heterocycles. The summed E-state index contributed by atoms with van der Waals surface area (Å²) in [7, 11) is 1.61. The summed E-state index contributed by atoms with van der Waals surface area (Å²) in [6.45, 7) is 2.27. The lowest BCUT2D eigenvalue weighted by Gasteiger charge is -2.14. The molecule has 118 valence electrons. The average Bonchev–Trinajstić information content (AvgIpc) is 2.99. The molecule has 0 saturated carbocycles. The number of rotatable bonds is 5. The first-order valence-corrected chi connectivity index (χ1v) is 7.54. The van der Waals surface area contributed by atoms with Crippen molar-refractivity contribution in [3.63, 3.8) is 0 Å². The van der Waals surface area contributed by atoms with E-state index >= 15 is 0 Å². The first-order valence-electron chi connectivity index (χ1n) is 7.54. The first kappa shape index (κ1) is 15.3. The fourth-order valence-corrected chi connectivity index (χ4v) is 2.57. The van der Waals surface area contributed by atoms with Crippen LogP contribution >= 0.6 is 0 Å². The van der Waals surface area contributed by atoms with Crippen LogP contribution < -0.4 is 5.32 Å². The highest BCUT2D eigenvalue weighted by molar-refractivity contribution is 5.95. The van der Waals surface area contributed by atoms with Crippen molar-refractivity contribution in [1.29, 1.82) is 0 Å². The predicted octanol–water partition coefficient (Wildman–Crippen LogP) is 3.86. The second-order valence-corrected chi connectivity index (χ2v) is 5.44. The molecule has 1 N–H and O–H groups in total. The van der Waals surface area contributed by atoms with Crippen LogP contribution in [0.5, 0.6) is 0 Å². The van der Waals surface area contributed by atoms with Crippen LogP contribution in [0.4, 0.5) is 0 Å². The molecule has 0 saturated heterocycles. The molecule has 3 aromatic rings. The Kier molecular flexibility index (Phi) is 4.44. The van der Waals surface area contributed by atoms with Crippen LogP contribution in [0.25, 0.3) is 11.0 Å². The minimum absolute atomic E-state index is 0.110. The molecule has 1 atom stereocenters. The van der Waals surface area contributed by atoms with Crippen molar-refractivity contribution in [3.8, 4) is 0 Å². The predicted molar refractivity (Wildman–Crippen MR) is 89.5 cm³/mol. The van der Waals surface area contributed by atoms with E-state index in [0.717, 1.165) is 16.5 Å². The van der Waals surface area contributed by atoms with Gasteiger partial charge in [-0.15, -0.1) is 0 Å². The molecular formula is C19H19NO3. The number of carbonyl (C=O) groups is 1. The van der Waals surface area contributed by atoms with Gasteiger partial charge in [-0.1, -0.05) is 36.4 Å². The van der Waals surface area contributed by atoms with Gasteiger partial charge >= 0.3 is 0 Å². The molecule has 0 radical (unpaired) electrons. The van der Waals surface area contributed by atoms with E-state index in [-0.39, 0.29) is 12.0 Å². The lowest BCUT2D eigenvalue weighted by Crippen LogP contribution is -2.29. The van der Waals surface area contributed by atoms with Gasteiger partial charge in [-0.05, 0) is 30.7 Å². The van der Waals surface area contributed by atoms with Crippen molar-refractivity contribution in [2.75, 3.05) is 13.7 Å². The molecule has 4 nitrogen and oxygen atoms in total. The van der Waals surface area contributed by atoms with Crippen LogP contribution in [0, 0.1) is 6.92 Å². The van der Waals surface area contributed by atoms with Gasteiger partial charge in [0, 0.05) is 18.1 Å². The number of methoxy groups -OCH3 is 1. The van der Waals surface area contributed by atoms with E-state index in [0.29, 0.717) is 17.9 Å². The number of amides is 1. The number of nitrogens with one attached hydrogen (secondary N) is 1. The molecular weight excluding hydrogens is 290 g/mol. The Morgan fingerprint density at radius 1 is 1.17 bits per heavy atom. The number of aryl methyl sites for hydroxylation is 1. The number of ether oxygens (including phenoxy) is 1. The number of furan rings is 1. The lowest BCUT2D eigenvalue weighted by molar-refractivity contribution is 0.0747. The van der Waals surface area contributed by atoms with Crippen LogP contribution in [0.3, 0.4) is 0 Å². The standard InChI is InChI=1S/C19H19NO3/c1-13-7-3-5-9-15(13)19(21)20-12-18(22-2)17-11-14-8-4-6-10-16(14)23-17/h3-11,18H,12H2,1-2H3,(H,20,21). The normalized spacial score (nSPS) is 12.3. The lowest BCUT2D eigenvalue weighted by atomic mass is 10.1. The summed E-state index contributed by atoms with van der Waals surface area (Å²) >= 11 is 0. The Balaban J connectivity index is 1.72. The molecule has 0 fully saturated rings. The molecule has 0 aliphatic rings. The van der Waals surface area contributed by atoms with Gasteiger partial charge in [0.2, 0.25) is 0 Å². The summed E-state index contributed by atoms with van der Waals surface area (Å²) < 4.78 is 11.3. The van der Waals surface area contributed by atoms with E-state index in [2.05, 4.69) is 5.32 Å². The highest BCUT2D eigenvalue weighted by atomic mass is 16.5. The summed E-state index contributed by atoms with van der Waals surface area (Å²) in [6.07, 6.45) is -0.324. The maximum absolute atomic E-state index is 12.3. The van der Waals surface area contributed by atoms with Crippen LogP contribution in [-0.2, 0) is 4.74 Å². The zero-order valence-electron chi connectivity index (χ0n) is 13.2. The second-order valence-electron chi connectivity index (χ2n) is 5.44. The summed E-state index contributed by atoms with van der Waals surface area (Å²) in [5, 5.41) is 3.93. The van der Waals surface area contributed by atoms with Crippen molar-refractivity contribution >= 4 is 16.9 Å². The maximum Gasteiger partial charge on any atom is 0.251 e. The van der Waals surface area contributed by atoms with E-state index in [1.54, 1.807) is 7.11 Å². The van der Waals surface area contributed by atoms with Crippen LogP contribution in [0.1, 0.15) is 27.8 Å². The SMILES string of the molecule is COC(CNC(=O)c1ccccc1C)c1cc2ccccc2o1. The van der Waals surface area contributed by atoms with Crippen LogP contribution in [0.2, 0.25) is 0 Å². The van der Waals surface area contributed by atoms with Crippen molar-refractivity contribution in [2.45, 2.75) is 13.0 Å². The zero-order valence-corrected chi connectivity index (χ0v) is 13.2. The number of hydrogen-bond acceptors (Lipinski definition) is 3. The zero-order chi connectivity index (χ0) is 16.2. The molecule has 0 spiro atoms. The van der Waals surface area contributed by atoms with Crippen LogP contribution in [-0.4, -0.2) is 19.6 Å². The Labute approximate surface area is 135 Å². The smallest absolute Gasteiger partial charge is 0.251 e. The number of hydrogen-bond donors (Lipinski definition) is 1. The molecule has 0 bridgehead atoms. The van der Waals surface area contributed by atoms with Gasteiger partial charge in [0.25, 0.3) is 5.91 Å². The maximum atomic E-state index is 12.3. The summed E-state index contributed by atoms with van der Waals surface area (Å²) in [5.74, 6) is 0.597. The molecule has 3 rings (SSSR count). The quantitative estimate of drug-likeness (QED) is 0.778. The van der Waals surface area contributed by atoms with Gasteiger partial charge in [-0.2, -0.15) is 0 Å². The summed E-state index contributed by atoms with van der Waals surface area (Å²) in [4.78, 5) is 12.3. The van der Waals surface area contributed by atoms with E-state index < -0.39 is 0 Å². The van der Waals surface area contributed by atoms with Crippen molar-refractivity contribution in [1.82, 2.24) is 5.32 Å². The van der Waals surface area contributed by atoms with Gasteiger partial charge < -0.3 is 14.5 Å². The number of para-hydroxylation sites is 1. The molecule has 2 aromatic carbocycles. The minimum atomic E-state index is -0.324. The Morgan fingerprint density at radius 2 is 1.91 bits per heavy atom. The highest BCUT2D eigenvalue weighted by Gasteiger charge is 2.17. The number of benzene rings is 2. The second kappa shape index (κ2) is 6.67. The molecule has 0 aliphatic heterocycles. The van der Waals surface area contributed by atoms with Gasteiger partial charge in [-0.3, -0.25) is 4.79 Å². The summed E-state index contributed by atoms with van der Waals surface area (Å²) in [6, 6.07) is 17.2. The van der Waals surface area contributed by atoms with Gasteiger partial charge in [0.05, 0.1) is 6.54 Å². The Hall–Kier alpha value is -2.59. The van der Waals surface area contributed by atoms with Gasteiger partial charge in [0.1, 0.15) is 17.4 Å². The Morgan fingerprint density at radius 3 is 2.65 bits per heavy atom. The Bertz CT molecular complexity index is 789. The molecule has 0 aliphatic carbocycles. The average molecular weight is 309 g/mol. The monoisotopic (exact) mass is 309 g/mol. The third-order valence-corrected chi connectivity index (χ3v) is 3.88. The largest absolute Gasteiger partial charge is 0.458 e. The van der Waals surface area contributed by atoms with Crippen molar-refractivity contribution < 1.29 is 13.9 Å². The van der Waals surface area contributed by atoms with Gasteiger partial charge in [0.15, 0.2) is 0 Å². The van der Waals surface area contributed by atoms with E-state index in [9.17, 15) is 4.79 Å². The molecule has 23 heavy (non-hydrogen) atoms. The molecule has 1 unspecified atom stereocenters. The van der Waals surface area contributed by atoms with E-state index in [1.807, 2.05) is 61.5 Å².